The number of carbonyl (C=O) groups excluding carboxylic acids is 2. The third-order valence-electron chi connectivity index (χ3n) is 13.5. The van der Waals surface area contributed by atoms with Gasteiger partial charge in [0, 0.05) is 93.8 Å². The van der Waals surface area contributed by atoms with E-state index in [1.165, 1.54) is 24.0 Å². The molecular weight excluding hydrogens is 908 g/mol. The van der Waals surface area contributed by atoms with Gasteiger partial charge < -0.3 is 43.3 Å². The van der Waals surface area contributed by atoms with Crippen molar-refractivity contribution < 1.29 is 43.1 Å². The summed E-state index contributed by atoms with van der Waals surface area (Å²) in [5, 5.41) is 12.0. The summed E-state index contributed by atoms with van der Waals surface area (Å²) in [6.07, 6.45) is 7.26. The van der Waals surface area contributed by atoms with Crippen molar-refractivity contribution in [2.24, 2.45) is 0 Å². The molecule has 15 heteroatoms. The van der Waals surface area contributed by atoms with Crippen molar-refractivity contribution in [1.82, 2.24) is 19.6 Å². The fourth-order valence-electron chi connectivity index (χ4n) is 9.37. The Hall–Kier alpha value is -2.72. The van der Waals surface area contributed by atoms with Crippen molar-refractivity contribution in [3.8, 4) is 0 Å². The van der Waals surface area contributed by atoms with Crippen LogP contribution in [0.2, 0.25) is 10.0 Å². The molecule has 2 unspecified atom stereocenters. The highest BCUT2D eigenvalue weighted by atomic mass is 35.5. The monoisotopic (exact) mass is 991 g/mol. The van der Waals surface area contributed by atoms with E-state index < -0.39 is 16.8 Å². The van der Waals surface area contributed by atoms with Crippen LogP contribution in [-0.2, 0) is 41.3 Å². The number of nitrogens with zero attached hydrogens (tertiary/aromatic N) is 4. The third-order valence-corrected chi connectivity index (χ3v) is 14.0. The van der Waals surface area contributed by atoms with Gasteiger partial charge in [0.15, 0.2) is 0 Å². The number of methoxy groups -OCH3 is 1. The van der Waals surface area contributed by atoms with E-state index in [0.29, 0.717) is 58.0 Å². The molecule has 0 saturated carbocycles. The zero-order valence-corrected chi connectivity index (χ0v) is 44.6. The maximum Gasteiger partial charge on any atom is 0.410 e. The number of piperidine rings is 2. The molecule has 0 aromatic heterocycles. The predicted octanol–water partition coefficient (Wildman–Crippen LogP) is 9.70. The van der Waals surface area contributed by atoms with Crippen LogP contribution in [0.4, 0.5) is 9.59 Å². The number of hydrogen-bond donors (Lipinski definition) is 1. The fourth-order valence-corrected chi connectivity index (χ4v) is 9.62. The Balaban J connectivity index is 0.000000230. The summed E-state index contributed by atoms with van der Waals surface area (Å²) in [6, 6.07) is 17.3. The summed E-state index contributed by atoms with van der Waals surface area (Å²) in [7, 11) is 1.74. The number of carbonyl (C=O) groups is 2. The molecule has 0 bridgehead atoms. The van der Waals surface area contributed by atoms with Crippen LogP contribution < -0.4 is 0 Å². The quantitative estimate of drug-likeness (QED) is 0.259. The Morgan fingerprint density at radius 3 is 1.31 bits per heavy atom. The van der Waals surface area contributed by atoms with E-state index in [1.807, 2.05) is 75.6 Å². The first kappa shape index (κ1) is 56.2. The van der Waals surface area contributed by atoms with E-state index in [4.69, 9.17) is 51.6 Å². The number of morpholine rings is 2. The number of rotatable bonds is 9. The van der Waals surface area contributed by atoms with Crippen LogP contribution in [0.3, 0.4) is 0 Å². The molecule has 2 aromatic carbocycles. The number of hydrogen-bond acceptors (Lipinski definition) is 11. The maximum atomic E-state index is 12.5. The molecular formula is C53H84Cl2N4O9. The normalized spacial score (nSPS) is 24.1. The Labute approximate surface area is 418 Å². The second kappa shape index (κ2) is 25.1. The molecule has 4 atom stereocenters. The second-order valence-electron chi connectivity index (χ2n) is 22.2. The van der Waals surface area contributed by atoms with Gasteiger partial charge in [0.2, 0.25) is 0 Å². The van der Waals surface area contributed by atoms with Gasteiger partial charge in [0.1, 0.15) is 11.2 Å². The molecule has 5 saturated heterocycles. The molecule has 0 spiro atoms. The van der Waals surface area contributed by atoms with Gasteiger partial charge in [-0.25, -0.2) is 9.59 Å². The van der Waals surface area contributed by atoms with Gasteiger partial charge in [0.05, 0.1) is 36.6 Å². The van der Waals surface area contributed by atoms with Gasteiger partial charge in [-0.15, -0.1) is 0 Å². The van der Waals surface area contributed by atoms with E-state index in [9.17, 15) is 14.7 Å². The highest BCUT2D eigenvalue weighted by Gasteiger charge is 2.43. The third kappa shape index (κ3) is 17.8. The van der Waals surface area contributed by atoms with Crippen molar-refractivity contribution in [2.75, 3.05) is 72.8 Å². The molecule has 5 fully saturated rings. The topological polar surface area (TPSA) is 123 Å². The molecule has 13 nitrogen and oxygen atoms in total. The average molecular weight is 992 g/mol. The number of aliphatic hydroxyl groups is 1. The van der Waals surface area contributed by atoms with Crippen molar-refractivity contribution in [3.05, 3.63) is 69.7 Å². The minimum Gasteiger partial charge on any atom is -0.444 e. The van der Waals surface area contributed by atoms with Gasteiger partial charge in [-0.1, -0.05) is 47.5 Å². The molecule has 384 valence electrons. The van der Waals surface area contributed by atoms with Gasteiger partial charge in [0.25, 0.3) is 0 Å². The predicted molar refractivity (Wildman–Crippen MR) is 270 cm³/mol. The summed E-state index contributed by atoms with van der Waals surface area (Å²) in [4.78, 5) is 33.7. The van der Waals surface area contributed by atoms with E-state index in [0.717, 1.165) is 68.3 Å². The molecule has 0 aliphatic carbocycles. The van der Waals surface area contributed by atoms with Gasteiger partial charge in [-0.2, -0.15) is 0 Å². The van der Waals surface area contributed by atoms with Crippen LogP contribution in [0.1, 0.15) is 119 Å². The van der Waals surface area contributed by atoms with Crippen molar-refractivity contribution >= 4 is 35.4 Å². The average Bonchev–Trinajstić information content (AvgIpc) is 3.88. The molecule has 5 heterocycles. The first-order chi connectivity index (χ1) is 31.9. The molecule has 5 aliphatic rings. The van der Waals surface area contributed by atoms with Crippen molar-refractivity contribution in [2.45, 2.75) is 179 Å². The summed E-state index contributed by atoms with van der Waals surface area (Å²) in [5.41, 5.74) is 0.253. The maximum absolute atomic E-state index is 12.5. The van der Waals surface area contributed by atoms with Crippen LogP contribution in [0.15, 0.2) is 48.5 Å². The summed E-state index contributed by atoms with van der Waals surface area (Å²) in [6.45, 7) is 26.7. The number of likely N-dealkylation sites (tertiary alicyclic amines) is 2. The number of halogens is 2. The summed E-state index contributed by atoms with van der Waals surface area (Å²) in [5.74, 6) is 0. The highest BCUT2D eigenvalue weighted by Crippen LogP contribution is 2.32. The first-order valence-electron chi connectivity index (χ1n) is 25.0. The van der Waals surface area contributed by atoms with Gasteiger partial charge >= 0.3 is 12.2 Å². The molecule has 2 aromatic rings. The zero-order valence-electron chi connectivity index (χ0n) is 43.1. The Kier molecular flexibility index (Phi) is 20.7. The molecule has 68 heavy (non-hydrogen) atoms. The number of ether oxygens (including phenoxy) is 6. The van der Waals surface area contributed by atoms with Crippen molar-refractivity contribution in [1.29, 1.82) is 0 Å². The molecule has 5 aliphatic heterocycles. The number of amides is 2. The largest absolute Gasteiger partial charge is 0.444 e. The van der Waals surface area contributed by atoms with E-state index >= 15 is 0 Å². The van der Waals surface area contributed by atoms with Crippen molar-refractivity contribution in [3.63, 3.8) is 0 Å². The zero-order chi connectivity index (χ0) is 49.9. The van der Waals surface area contributed by atoms with Gasteiger partial charge in [-0.05, 0) is 156 Å². The molecule has 7 rings (SSSR count). The minimum absolute atomic E-state index is 0.00199. The van der Waals surface area contributed by atoms with Gasteiger partial charge in [-0.3, -0.25) is 9.80 Å². The Bertz CT molecular complexity index is 1820. The van der Waals surface area contributed by atoms with Crippen LogP contribution in [0.25, 0.3) is 0 Å². The van der Waals surface area contributed by atoms with Crippen LogP contribution in [0.5, 0.6) is 0 Å². The van der Waals surface area contributed by atoms with E-state index in [1.54, 1.807) is 21.0 Å². The second-order valence-corrected chi connectivity index (χ2v) is 23.1. The first-order valence-corrected chi connectivity index (χ1v) is 25.7. The lowest BCUT2D eigenvalue weighted by molar-refractivity contribution is -0.166. The summed E-state index contributed by atoms with van der Waals surface area (Å²) < 4.78 is 34.2. The van der Waals surface area contributed by atoms with Crippen LogP contribution in [-0.4, -0.2) is 168 Å². The lowest BCUT2D eigenvalue weighted by atomic mass is 9.92. The standard InChI is InChI=1S/C25H39ClN2O4.C24H37ClN2O4.C4H8O/c1-24(2,3)32-23(29)27-13-11-20(12-14-27)28-16-22(25(4,5)30-6)31-17-21(28)15-18-7-9-19(26)10-8-18;1-23(2,3)31-22(28)26-12-10-19(11-13-26)27-15-21(24(4,5)29)30-16-20(27)14-17-6-8-18(25)9-7-17;1-2-4-5-3-1/h7-10,20-22H,11-17H2,1-6H3;6-9,19-21,29H,10-16H2,1-5H3;1-4H2/t21?,22-;20?,21-;/m11./s1. The Morgan fingerprint density at radius 2 is 0.985 bits per heavy atom. The lowest BCUT2D eigenvalue weighted by Crippen LogP contribution is -2.61. The Morgan fingerprint density at radius 1 is 0.618 bits per heavy atom. The molecule has 2 amide bonds. The fraction of sp³-hybridized carbons (Fsp3) is 0.736. The van der Waals surface area contributed by atoms with Crippen LogP contribution in [0, 0.1) is 0 Å². The highest BCUT2D eigenvalue weighted by molar-refractivity contribution is 6.30. The molecule has 0 radical (unpaired) electrons. The number of benzene rings is 2. The van der Waals surface area contributed by atoms with Crippen LogP contribution >= 0.6 is 23.2 Å². The van der Waals surface area contributed by atoms with E-state index in [2.05, 4.69) is 47.9 Å². The molecule has 1 N–H and O–H groups in total. The summed E-state index contributed by atoms with van der Waals surface area (Å²) >= 11 is 12.1. The lowest BCUT2D eigenvalue weighted by Gasteiger charge is -2.49. The van der Waals surface area contributed by atoms with E-state index in [-0.39, 0.29) is 42.1 Å². The SMILES string of the molecule is C1CCOC1.CC(C)(C)OC(=O)N1CCC(N2C[C@H](C(C)(C)O)OCC2Cc2ccc(Cl)cc2)CC1.COC(C)(C)[C@H]1CN(C2CCN(C(=O)OC(C)(C)C)CC2)C(Cc2ccc(Cl)cc2)CO1. The smallest absolute Gasteiger partial charge is 0.410 e. The minimum atomic E-state index is -0.902.